The zero-order valence-electron chi connectivity index (χ0n) is 8.11. The van der Waals surface area contributed by atoms with Crippen molar-refractivity contribution in [3.8, 4) is 0 Å². The van der Waals surface area contributed by atoms with Gasteiger partial charge in [-0.2, -0.15) is 0 Å². The number of aromatic nitrogens is 1. The average Bonchev–Trinajstić information content (AvgIpc) is 2.57. The molecule has 2 unspecified atom stereocenters. The van der Waals surface area contributed by atoms with Crippen LogP contribution in [0.5, 0.6) is 0 Å². The van der Waals surface area contributed by atoms with Crippen molar-refractivity contribution in [1.29, 1.82) is 0 Å². The number of hydrogen-bond donors (Lipinski definition) is 1. The molecule has 0 saturated carbocycles. The summed E-state index contributed by atoms with van der Waals surface area (Å²) in [5.74, 6) is 0.726. The molecule has 1 aromatic rings. The molecule has 2 bridgehead atoms. The molecular formula is C12H14N2. The van der Waals surface area contributed by atoms with Gasteiger partial charge in [0.2, 0.25) is 0 Å². The monoisotopic (exact) mass is 186 g/mol. The molecule has 1 aliphatic heterocycles. The SMILES string of the molecule is C1=CC2(c3cccnc3)CNCC1C2. The maximum atomic E-state index is 4.21. The summed E-state index contributed by atoms with van der Waals surface area (Å²) in [6.07, 6.45) is 9.82. The van der Waals surface area contributed by atoms with E-state index in [1.54, 1.807) is 0 Å². The first kappa shape index (κ1) is 8.18. The molecule has 72 valence electrons. The first-order valence-electron chi connectivity index (χ1n) is 5.20. The van der Waals surface area contributed by atoms with Gasteiger partial charge in [-0.15, -0.1) is 0 Å². The summed E-state index contributed by atoms with van der Waals surface area (Å²) < 4.78 is 0. The van der Waals surface area contributed by atoms with Crippen molar-refractivity contribution in [2.24, 2.45) is 5.92 Å². The van der Waals surface area contributed by atoms with Gasteiger partial charge in [-0.1, -0.05) is 18.2 Å². The summed E-state index contributed by atoms with van der Waals surface area (Å²) in [6, 6.07) is 4.21. The topological polar surface area (TPSA) is 24.9 Å². The highest BCUT2D eigenvalue weighted by molar-refractivity contribution is 5.34. The van der Waals surface area contributed by atoms with Crippen molar-refractivity contribution in [2.45, 2.75) is 11.8 Å². The highest BCUT2D eigenvalue weighted by Gasteiger charge is 2.39. The van der Waals surface area contributed by atoms with Gasteiger partial charge in [0.05, 0.1) is 0 Å². The van der Waals surface area contributed by atoms with Crippen LogP contribution in [0.15, 0.2) is 36.7 Å². The molecule has 0 spiro atoms. The van der Waals surface area contributed by atoms with Gasteiger partial charge in [-0.05, 0) is 24.0 Å². The third-order valence-electron chi connectivity index (χ3n) is 3.40. The fourth-order valence-corrected chi connectivity index (χ4v) is 2.65. The minimum atomic E-state index is 0.233. The lowest BCUT2D eigenvalue weighted by Gasteiger charge is -2.33. The first-order valence-corrected chi connectivity index (χ1v) is 5.20. The van der Waals surface area contributed by atoms with Crippen molar-refractivity contribution in [2.75, 3.05) is 13.1 Å². The van der Waals surface area contributed by atoms with Crippen LogP contribution in [-0.4, -0.2) is 18.1 Å². The quantitative estimate of drug-likeness (QED) is 0.672. The van der Waals surface area contributed by atoms with E-state index in [9.17, 15) is 0 Å². The number of nitrogens with zero attached hydrogens (tertiary/aromatic N) is 1. The van der Waals surface area contributed by atoms with Gasteiger partial charge in [-0.25, -0.2) is 0 Å². The number of hydrogen-bond acceptors (Lipinski definition) is 2. The van der Waals surface area contributed by atoms with Gasteiger partial charge >= 0.3 is 0 Å². The van der Waals surface area contributed by atoms with Gasteiger partial charge in [0.15, 0.2) is 0 Å². The van der Waals surface area contributed by atoms with Crippen LogP contribution in [0.1, 0.15) is 12.0 Å². The zero-order chi connectivity index (χ0) is 9.43. The molecular weight excluding hydrogens is 172 g/mol. The van der Waals surface area contributed by atoms with E-state index in [2.05, 4.69) is 28.5 Å². The molecule has 2 atom stereocenters. The largest absolute Gasteiger partial charge is 0.315 e. The van der Waals surface area contributed by atoms with E-state index < -0.39 is 0 Å². The van der Waals surface area contributed by atoms with E-state index in [4.69, 9.17) is 0 Å². The second-order valence-electron chi connectivity index (χ2n) is 4.35. The first-order chi connectivity index (χ1) is 6.89. The van der Waals surface area contributed by atoms with Crippen molar-refractivity contribution in [3.05, 3.63) is 42.2 Å². The second-order valence-corrected chi connectivity index (χ2v) is 4.35. The number of piperidine rings is 1. The highest BCUT2D eigenvalue weighted by Crippen LogP contribution is 2.40. The molecule has 3 rings (SSSR count). The molecule has 2 heteroatoms. The van der Waals surface area contributed by atoms with Crippen LogP contribution in [-0.2, 0) is 5.41 Å². The Hall–Kier alpha value is -1.15. The lowest BCUT2D eigenvalue weighted by atomic mass is 9.77. The van der Waals surface area contributed by atoms with Gasteiger partial charge in [0.25, 0.3) is 0 Å². The predicted molar refractivity (Wildman–Crippen MR) is 56.0 cm³/mol. The van der Waals surface area contributed by atoms with Crippen LogP contribution in [0.25, 0.3) is 0 Å². The Morgan fingerprint density at radius 1 is 1.50 bits per heavy atom. The molecule has 2 aliphatic rings. The Morgan fingerprint density at radius 2 is 2.50 bits per heavy atom. The summed E-state index contributed by atoms with van der Waals surface area (Å²) in [7, 11) is 0. The number of fused-ring (bicyclic) bond motifs is 2. The summed E-state index contributed by atoms with van der Waals surface area (Å²) in [5, 5.41) is 3.50. The van der Waals surface area contributed by atoms with E-state index in [1.165, 1.54) is 12.0 Å². The highest BCUT2D eigenvalue weighted by atomic mass is 14.9. The van der Waals surface area contributed by atoms with Crippen molar-refractivity contribution < 1.29 is 0 Å². The van der Waals surface area contributed by atoms with Crippen LogP contribution in [0, 0.1) is 5.92 Å². The molecule has 14 heavy (non-hydrogen) atoms. The number of nitrogens with one attached hydrogen (secondary N) is 1. The normalized spacial score (nSPS) is 34.7. The van der Waals surface area contributed by atoms with E-state index in [0.717, 1.165) is 19.0 Å². The molecule has 1 fully saturated rings. The predicted octanol–water partition coefficient (Wildman–Crippen LogP) is 1.50. The van der Waals surface area contributed by atoms with Gasteiger partial charge < -0.3 is 5.32 Å². The van der Waals surface area contributed by atoms with E-state index >= 15 is 0 Å². The number of pyridine rings is 1. The standard InChI is InChI=1S/C12H14N2/c1-2-11(8-13-5-1)12-4-3-10(6-12)7-14-9-12/h1-5,8,10,14H,6-7,9H2. The Bertz CT molecular complexity index is 358. The minimum absolute atomic E-state index is 0.233. The molecule has 1 aromatic heterocycles. The second kappa shape index (κ2) is 2.92. The van der Waals surface area contributed by atoms with Crippen LogP contribution < -0.4 is 5.32 Å². The average molecular weight is 186 g/mol. The third kappa shape index (κ3) is 1.11. The Balaban J connectivity index is 2.01. The van der Waals surface area contributed by atoms with Crippen LogP contribution in [0.2, 0.25) is 0 Å². The van der Waals surface area contributed by atoms with Crippen LogP contribution >= 0.6 is 0 Å². The smallest absolute Gasteiger partial charge is 0.0309 e. The molecule has 0 aromatic carbocycles. The van der Waals surface area contributed by atoms with E-state index in [1.807, 2.05) is 18.5 Å². The summed E-state index contributed by atoms with van der Waals surface area (Å²) in [4.78, 5) is 4.21. The van der Waals surface area contributed by atoms with Crippen molar-refractivity contribution in [1.82, 2.24) is 10.3 Å². The summed E-state index contributed by atoms with van der Waals surface area (Å²) in [5.41, 5.74) is 1.59. The van der Waals surface area contributed by atoms with Gasteiger partial charge in [0.1, 0.15) is 0 Å². The molecule has 1 aliphatic carbocycles. The Morgan fingerprint density at radius 3 is 3.36 bits per heavy atom. The fourth-order valence-electron chi connectivity index (χ4n) is 2.65. The molecule has 2 heterocycles. The zero-order valence-corrected chi connectivity index (χ0v) is 8.11. The molecule has 1 saturated heterocycles. The van der Waals surface area contributed by atoms with E-state index in [-0.39, 0.29) is 5.41 Å². The Kier molecular flexibility index (Phi) is 1.71. The summed E-state index contributed by atoms with van der Waals surface area (Å²) in [6.45, 7) is 2.20. The Labute approximate surface area is 84.1 Å². The minimum Gasteiger partial charge on any atom is -0.315 e. The lowest BCUT2D eigenvalue weighted by molar-refractivity contribution is 0.352. The van der Waals surface area contributed by atoms with Crippen LogP contribution in [0.4, 0.5) is 0 Å². The fraction of sp³-hybridized carbons (Fsp3) is 0.417. The van der Waals surface area contributed by atoms with Crippen LogP contribution in [0.3, 0.4) is 0 Å². The maximum absolute atomic E-state index is 4.21. The maximum Gasteiger partial charge on any atom is 0.0309 e. The molecule has 0 radical (unpaired) electrons. The van der Waals surface area contributed by atoms with Gasteiger partial charge in [0, 0.05) is 30.9 Å². The van der Waals surface area contributed by atoms with Crippen molar-refractivity contribution >= 4 is 0 Å². The number of rotatable bonds is 1. The van der Waals surface area contributed by atoms with Gasteiger partial charge in [-0.3, -0.25) is 4.98 Å². The van der Waals surface area contributed by atoms with E-state index in [0.29, 0.717) is 0 Å². The molecule has 2 nitrogen and oxygen atoms in total. The summed E-state index contributed by atoms with van der Waals surface area (Å²) >= 11 is 0. The lowest BCUT2D eigenvalue weighted by Crippen LogP contribution is -2.42. The third-order valence-corrected chi connectivity index (χ3v) is 3.40. The molecule has 1 N–H and O–H groups in total. The molecule has 0 amide bonds. The van der Waals surface area contributed by atoms with Crippen molar-refractivity contribution in [3.63, 3.8) is 0 Å².